The molecule has 0 aliphatic rings. The lowest BCUT2D eigenvalue weighted by atomic mass is 10.2. The molecular formula is C23H16N4O2S. The van der Waals surface area contributed by atoms with Gasteiger partial charge in [0.2, 0.25) is 4.80 Å². The van der Waals surface area contributed by atoms with E-state index in [-0.39, 0.29) is 5.75 Å². The summed E-state index contributed by atoms with van der Waals surface area (Å²) in [6, 6.07) is 20.5. The third-order valence-corrected chi connectivity index (χ3v) is 5.27. The molecule has 146 valence electrons. The van der Waals surface area contributed by atoms with Crippen LogP contribution in [0.3, 0.4) is 0 Å². The molecule has 2 aromatic carbocycles. The van der Waals surface area contributed by atoms with Gasteiger partial charge in [-0.15, -0.1) is 11.3 Å². The molecule has 0 amide bonds. The number of fused-ring (bicyclic) bond motifs is 1. The number of phenols is 1. The Morgan fingerprint density at radius 3 is 2.70 bits per heavy atom. The predicted octanol–water partition coefficient (Wildman–Crippen LogP) is 5.18. The maximum absolute atomic E-state index is 9.50. The lowest BCUT2D eigenvalue weighted by Gasteiger charge is -2.01. The second-order valence-electron chi connectivity index (χ2n) is 6.52. The maximum atomic E-state index is 9.50. The number of furan rings is 1. The molecular weight excluding hydrogens is 396 g/mol. The highest BCUT2D eigenvalue weighted by Gasteiger charge is 2.13. The quantitative estimate of drug-likeness (QED) is 0.413. The summed E-state index contributed by atoms with van der Waals surface area (Å²) in [5.74, 6) is 0.925. The molecule has 0 saturated heterocycles. The van der Waals surface area contributed by atoms with Gasteiger partial charge in [0, 0.05) is 17.0 Å². The number of phenolic OH excluding ortho intramolecular Hbond substituents is 1. The highest BCUT2D eigenvalue weighted by molar-refractivity contribution is 7.07. The van der Waals surface area contributed by atoms with Gasteiger partial charge in [0.05, 0.1) is 18.1 Å². The van der Waals surface area contributed by atoms with Gasteiger partial charge < -0.3 is 9.52 Å². The van der Waals surface area contributed by atoms with Gasteiger partial charge in [-0.2, -0.15) is 5.10 Å². The Kier molecular flexibility index (Phi) is 4.71. The van der Waals surface area contributed by atoms with Crippen molar-refractivity contribution in [3.8, 4) is 17.2 Å². The lowest BCUT2D eigenvalue weighted by molar-refractivity contribution is 0.475. The second-order valence-corrected chi connectivity index (χ2v) is 7.36. The van der Waals surface area contributed by atoms with Crippen molar-refractivity contribution in [2.45, 2.75) is 0 Å². The van der Waals surface area contributed by atoms with Gasteiger partial charge in [0.1, 0.15) is 17.0 Å². The Morgan fingerprint density at radius 2 is 1.90 bits per heavy atom. The molecule has 0 fully saturated rings. The van der Waals surface area contributed by atoms with E-state index in [1.165, 1.54) is 11.3 Å². The monoisotopic (exact) mass is 412 g/mol. The van der Waals surface area contributed by atoms with Gasteiger partial charge in [-0.05, 0) is 54.1 Å². The van der Waals surface area contributed by atoms with Crippen molar-refractivity contribution < 1.29 is 9.52 Å². The Morgan fingerprint density at radius 1 is 1.03 bits per heavy atom. The molecule has 0 saturated carbocycles. The fourth-order valence-electron chi connectivity index (χ4n) is 2.98. The topological polar surface area (TPSA) is 75.9 Å². The van der Waals surface area contributed by atoms with Gasteiger partial charge in [-0.3, -0.25) is 4.98 Å². The number of rotatable bonds is 4. The Balaban J connectivity index is 1.65. The number of nitrogens with zero attached hydrogens (tertiary/aromatic N) is 4. The van der Waals surface area contributed by atoms with Crippen LogP contribution in [-0.2, 0) is 0 Å². The van der Waals surface area contributed by atoms with E-state index >= 15 is 0 Å². The van der Waals surface area contributed by atoms with Crippen molar-refractivity contribution in [1.82, 2.24) is 9.66 Å². The van der Waals surface area contributed by atoms with E-state index < -0.39 is 0 Å². The molecule has 6 nitrogen and oxygen atoms in total. The van der Waals surface area contributed by atoms with Crippen LogP contribution in [-0.4, -0.2) is 21.0 Å². The summed E-state index contributed by atoms with van der Waals surface area (Å²) in [6.07, 6.45) is 5.14. The van der Waals surface area contributed by atoms with Crippen LogP contribution >= 0.6 is 11.3 Å². The average Bonchev–Trinajstić information content (AvgIpc) is 3.38. The molecule has 0 spiro atoms. The van der Waals surface area contributed by atoms with Crippen molar-refractivity contribution in [2.75, 3.05) is 0 Å². The number of pyridine rings is 1. The van der Waals surface area contributed by atoms with Crippen molar-refractivity contribution >= 4 is 34.2 Å². The third kappa shape index (κ3) is 3.66. The van der Waals surface area contributed by atoms with Crippen LogP contribution in [0.25, 0.3) is 22.4 Å². The summed E-state index contributed by atoms with van der Waals surface area (Å²) >= 11 is 1.47. The van der Waals surface area contributed by atoms with Crippen molar-refractivity contribution in [3.05, 3.63) is 94.9 Å². The summed E-state index contributed by atoms with van der Waals surface area (Å²) in [6.45, 7) is 0. The fraction of sp³-hybridized carbons (Fsp3) is 0. The van der Waals surface area contributed by atoms with E-state index in [0.29, 0.717) is 10.6 Å². The molecule has 7 heteroatoms. The van der Waals surface area contributed by atoms with Crippen LogP contribution in [0.5, 0.6) is 5.75 Å². The summed E-state index contributed by atoms with van der Waals surface area (Å²) < 4.78 is 7.80. The molecule has 0 aliphatic heterocycles. The Bertz CT molecular complexity index is 1360. The first-order valence-corrected chi connectivity index (χ1v) is 10.1. The zero-order chi connectivity index (χ0) is 20.3. The maximum Gasteiger partial charge on any atom is 0.211 e. The third-order valence-electron chi connectivity index (χ3n) is 4.45. The van der Waals surface area contributed by atoms with E-state index in [0.717, 1.165) is 27.9 Å². The highest BCUT2D eigenvalue weighted by atomic mass is 32.1. The Hall–Kier alpha value is -3.97. The first-order valence-electron chi connectivity index (χ1n) is 9.24. The number of hydrogen-bond donors (Lipinski definition) is 1. The van der Waals surface area contributed by atoms with Crippen LogP contribution in [0.2, 0.25) is 0 Å². The van der Waals surface area contributed by atoms with Gasteiger partial charge in [-0.25, -0.2) is 9.67 Å². The minimum absolute atomic E-state index is 0.213. The number of aromatic nitrogens is 2. The van der Waals surface area contributed by atoms with E-state index in [2.05, 4.69) is 10.1 Å². The fourth-order valence-corrected chi connectivity index (χ4v) is 3.82. The van der Waals surface area contributed by atoms with Gasteiger partial charge in [0.25, 0.3) is 0 Å². The predicted molar refractivity (Wildman–Crippen MR) is 118 cm³/mol. The zero-order valence-corrected chi connectivity index (χ0v) is 16.5. The summed E-state index contributed by atoms with van der Waals surface area (Å²) in [4.78, 5) is 9.51. The number of hydrogen-bond acceptors (Lipinski definition) is 6. The van der Waals surface area contributed by atoms with Gasteiger partial charge in [0.15, 0.2) is 5.76 Å². The molecule has 0 bridgehead atoms. The van der Waals surface area contributed by atoms with Crippen molar-refractivity contribution in [3.63, 3.8) is 0 Å². The average molecular weight is 412 g/mol. The number of thiazole rings is 1. The summed E-state index contributed by atoms with van der Waals surface area (Å²) in [7, 11) is 0. The molecule has 0 aliphatic carbocycles. The van der Waals surface area contributed by atoms with E-state index in [1.807, 2.05) is 47.8 Å². The van der Waals surface area contributed by atoms with Gasteiger partial charge >= 0.3 is 0 Å². The van der Waals surface area contributed by atoms with Crippen LogP contribution in [0, 0.1) is 0 Å². The first kappa shape index (κ1) is 18.1. The van der Waals surface area contributed by atoms with Crippen LogP contribution in [0.1, 0.15) is 5.56 Å². The minimum Gasteiger partial charge on any atom is -0.508 e. The van der Waals surface area contributed by atoms with Crippen LogP contribution < -0.4 is 4.80 Å². The van der Waals surface area contributed by atoms with Crippen LogP contribution in [0.4, 0.5) is 5.69 Å². The number of aromatic hydroxyl groups is 1. The normalized spacial score (nSPS) is 12.2. The molecule has 0 radical (unpaired) electrons. The SMILES string of the molecule is Oc1ccc(C=Nn2c(-c3cc4ccccc4o3)csc2=Nc2cccnc2)cc1. The molecule has 0 atom stereocenters. The Labute approximate surface area is 175 Å². The zero-order valence-electron chi connectivity index (χ0n) is 15.7. The van der Waals surface area contributed by atoms with Crippen molar-refractivity contribution in [2.24, 2.45) is 10.1 Å². The smallest absolute Gasteiger partial charge is 0.211 e. The molecule has 30 heavy (non-hydrogen) atoms. The second kappa shape index (κ2) is 7.81. The molecule has 1 N–H and O–H groups in total. The van der Waals surface area contributed by atoms with Crippen LogP contribution in [0.15, 0.2) is 99.0 Å². The standard InChI is InChI=1S/C23H16N4O2S/c28-19-9-7-16(8-10-19)13-25-27-20(22-12-17-4-1-2-6-21(17)29-22)15-30-23(27)26-18-5-3-11-24-14-18/h1-15,28H. The molecule has 5 aromatic rings. The highest BCUT2D eigenvalue weighted by Crippen LogP contribution is 2.28. The molecule has 3 aromatic heterocycles. The lowest BCUT2D eigenvalue weighted by Crippen LogP contribution is -2.11. The number of para-hydroxylation sites is 1. The van der Waals surface area contributed by atoms with Gasteiger partial charge in [-0.1, -0.05) is 18.2 Å². The molecule has 3 heterocycles. The summed E-state index contributed by atoms with van der Waals surface area (Å²) in [5.41, 5.74) is 3.21. The molecule has 5 rings (SSSR count). The molecule has 0 unspecified atom stereocenters. The first-order chi connectivity index (χ1) is 14.8. The summed E-state index contributed by atoms with van der Waals surface area (Å²) in [5, 5.41) is 17.2. The van der Waals surface area contributed by atoms with Crippen molar-refractivity contribution in [1.29, 1.82) is 0 Å². The number of benzene rings is 2. The van der Waals surface area contributed by atoms with E-state index in [1.54, 1.807) is 47.5 Å². The van der Waals surface area contributed by atoms with E-state index in [9.17, 15) is 5.11 Å². The minimum atomic E-state index is 0.213. The van der Waals surface area contributed by atoms with E-state index in [4.69, 9.17) is 9.41 Å². The largest absolute Gasteiger partial charge is 0.508 e.